The SMILES string of the molecule is CC[Si]c1ccc(OCC2CC2)c(-c2cc(F)c(=O)n(C)c2)c1. The van der Waals surface area contributed by atoms with E-state index in [1.165, 1.54) is 28.7 Å². The van der Waals surface area contributed by atoms with Gasteiger partial charge in [-0.3, -0.25) is 4.79 Å². The van der Waals surface area contributed by atoms with Crippen LogP contribution in [-0.4, -0.2) is 20.7 Å². The molecule has 5 heteroatoms. The Labute approximate surface area is 137 Å². The van der Waals surface area contributed by atoms with Crippen LogP contribution in [0.3, 0.4) is 0 Å². The van der Waals surface area contributed by atoms with Crippen molar-refractivity contribution < 1.29 is 9.13 Å². The van der Waals surface area contributed by atoms with Crippen LogP contribution in [0.25, 0.3) is 11.1 Å². The quantitative estimate of drug-likeness (QED) is 0.763. The van der Waals surface area contributed by atoms with Crippen LogP contribution in [0.5, 0.6) is 5.75 Å². The molecule has 0 atom stereocenters. The Bertz CT molecular complexity index is 742. The Morgan fingerprint density at radius 3 is 2.78 bits per heavy atom. The van der Waals surface area contributed by atoms with Crippen LogP contribution in [0.2, 0.25) is 6.04 Å². The molecule has 0 saturated heterocycles. The first-order chi connectivity index (χ1) is 11.1. The summed E-state index contributed by atoms with van der Waals surface area (Å²) in [6.07, 6.45) is 4.11. The topological polar surface area (TPSA) is 31.2 Å². The van der Waals surface area contributed by atoms with Gasteiger partial charge in [-0.25, -0.2) is 4.39 Å². The maximum Gasteiger partial charge on any atom is 0.286 e. The second kappa shape index (κ2) is 6.70. The van der Waals surface area contributed by atoms with Crippen molar-refractivity contribution in [3.8, 4) is 16.9 Å². The lowest BCUT2D eigenvalue weighted by Gasteiger charge is -2.14. The van der Waals surface area contributed by atoms with E-state index in [0.29, 0.717) is 27.6 Å². The molecule has 1 aliphatic carbocycles. The summed E-state index contributed by atoms with van der Waals surface area (Å²) < 4.78 is 21.1. The summed E-state index contributed by atoms with van der Waals surface area (Å²) in [6, 6.07) is 8.48. The molecular weight excluding hydrogens is 309 g/mol. The van der Waals surface area contributed by atoms with Gasteiger partial charge in [0.1, 0.15) is 5.75 Å². The fourth-order valence-corrected chi connectivity index (χ4v) is 3.36. The third-order valence-corrected chi connectivity index (χ3v) is 5.06. The first-order valence-electron chi connectivity index (χ1n) is 7.95. The van der Waals surface area contributed by atoms with E-state index in [1.54, 1.807) is 13.2 Å². The summed E-state index contributed by atoms with van der Waals surface area (Å²) in [7, 11) is 2.28. The van der Waals surface area contributed by atoms with Crippen molar-refractivity contribution in [2.24, 2.45) is 13.0 Å². The number of rotatable bonds is 6. The highest BCUT2D eigenvalue weighted by molar-refractivity contribution is 6.53. The van der Waals surface area contributed by atoms with Crippen LogP contribution in [0.15, 0.2) is 35.3 Å². The Balaban J connectivity index is 2.02. The summed E-state index contributed by atoms with van der Waals surface area (Å²) in [5.74, 6) is 0.679. The molecule has 2 aromatic rings. The largest absolute Gasteiger partial charge is 0.493 e. The summed E-state index contributed by atoms with van der Waals surface area (Å²) in [5, 5.41) is 1.22. The van der Waals surface area contributed by atoms with Gasteiger partial charge in [0.15, 0.2) is 5.82 Å². The molecule has 0 unspecified atom stereocenters. The molecule has 120 valence electrons. The van der Waals surface area contributed by atoms with E-state index in [9.17, 15) is 9.18 Å². The second-order valence-electron chi connectivity index (χ2n) is 5.99. The van der Waals surface area contributed by atoms with Crippen LogP contribution < -0.4 is 15.5 Å². The van der Waals surface area contributed by atoms with Crippen molar-refractivity contribution in [2.75, 3.05) is 6.61 Å². The molecule has 1 heterocycles. The molecule has 1 aliphatic rings. The average molecular weight is 329 g/mol. The lowest BCUT2D eigenvalue weighted by atomic mass is 10.1. The van der Waals surface area contributed by atoms with Crippen LogP contribution >= 0.6 is 0 Å². The Hall–Kier alpha value is -1.88. The molecule has 0 N–H and O–H groups in total. The van der Waals surface area contributed by atoms with Gasteiger partial charge >= 0.3 is 0 Å². The maximum absolute atomic E-state index is 13.9. The van der Waals surface area contributed by atoms with Gasteiger partial charge in [-0.15, -0.1) is 0 Å². The molecule has 0 aliphatic heterocycles. The van der Waals surface area contributed by atoms with Crippen molar-refractivity contribution in [3.05, 3.63) is 46.6 Å². The van der Waals surface area contributed by atoms with Gasteiger partial charge in [0.25, 0.3) is 5.56 Å². The van der Waals surface area contributed by atoms with E-state index in [0.717, 1.165) is 17.4 Å². The normalized spacial score (nSPS) is 14.0. The van der Waals surface area contributed by atoms with E-state index < -0.39 is 11.4 Å². The number of ether oxygens (including phenoxy) is 1. The van der Waals surface area contributed by atoms with Gasteiger partial charge in [0, 0.05) is 24.4 Å². The summed E-state index contributed by atoms with van der Waals surface area (Å²) in [6.45, 7) is 2.85. The standard InChI is InChI=1S/C18H20FNO2Si/c1-3-23-14-6-7-17(22-11-12-4-5-12)15(9-14)13-8-16(19)18(21)20(2)10-13/h6-10,12H,3-5,11H2,1-2H3. The molecule has 1 fully saturated rings. The second-order valence-corrected chi connectivity index (χ2v) is 7.63. The van der Waals surface area contributed by atoms with Crippen molar-refractivity contribution in [3.63, 3.8) is 0 Å². The average Bonchev–Trinajstić information content (AvgIpc) is 3.35. The lowest BCUT2D eigenvalue weighted by Crippen LogP contribution is -2.20. The first kappa shape index (κ1) is 16.0. The van der Waals surface area contributed by atoms with Crippen LogP contribution in [0.4, 0.5) is 4.39 Å². The number of pyridine rings is 1. The van der Waals surface area contributed by atoms with E-state index >= 15 is 0 Å². The molecule has 1 aromatic carbocycles. The Morgan fingerprint density at radius 1 is 1.35 bits per heavy atom. The number of nitrogens with zero attached hydrogens (tertiary/aromatic N) is 1. The third kappa shape index (κ3) is 3.72. The van der Waals surface area contributed by atoms with Crippen molar-refractivity contribution in [1.29, 1.82) is 0 Å². The zero-order chi connectivity index (χ0) is 16.4. The number of aromatic nitrogens is 1. The monoisotopic (exact) mass is 329 g/mol. The fourth-order valence-electron chi connectivity index (χ4n) is 2.51. The molecule has 3 rings (SSSR count). The maximum atomic E-state index is 13.9. The highest BCUT2D eigenvalue weighted by Crippen LogP contribution is 2.33. The van der Waals surface area contributed by atoms with Gasteiger partial charge in [0.2, 0.25) is 0 Å². The Morgan fingerprint density at radius 2 is 2.13 bits per heavy atom. The molecule has 2 radical (unpaired) electrons. The minimum atomic E-state index is -0.735. The number of hydrogen-bond donors (Lipinski definition) is 0. The molecule has 23 heavy (non-hydrogen) atoms. The number of halogens is 1. The highest BCUT2D eigenvalue weighted by Gasteiger charge is 2.22. The van der Waals surface area contributed by atoms with E-state index in [4.69, 9.17) is 4.74 Å². The predicted octanol–water partition coefficient (Wildman–Crippen LogP) is 2.75. The van der Waals surface area contributed by atoms with Crippen molar-refractivity contribution >= 4 is 14.7 Å². The summed E-state index contributed by atoms with van der Waals surface area (Å²) in [5.41, 5.74) is 0.928. The third-order valence-electron chi connectivity index (χ3n) is 3.98. The molecule has 1 saturated carbocycles. The van der Waals surface area contributed by atoms with Crippen LogP contribution in [0, 0.1) is 11.7 Å². The van der Waals surface area contributed by atoms with Gasteiger partial charge in [0.05, 0.1) is 16.1 Å². The van der Waals surface area contributed by atoms with Crippen molar-refractivity contribution in [2.45, 2.75) is 25.8 Å². The van der Waals surface area contributed by atoms with E-state index in [2.05, 4.69) is 19.1 Å². The highest BCUT2D eigenvalue weighted by atomic mass is 28.2. The molecule has 0 bridgehead atoms. The molecule has 1 aromatic heterocycles. The first-order valence-corrected chi connectivity index (χ1v) is 9.16. The fraction of sp³-hybridized carbons (Fsp3) is 0.389. The molecule has 0 amide bonds. The molecule has 3 nitrogen and oxygen atoms in total. The summed E-state index contributed by atoms with van der Waals surface area (Å²) >= 11 is 0. The molecular formula is C18H20FNO2Si. The minimum absolute atomic E-state index is 0.610. The van der Waals surface area contributed by atoms with Gasteiger partial charge in [-0.1, -0.05) is 30.3 Å². The zero-order valence-electron chi connectivity index (χ0n) is 13.4. The van der Waals surface area contributed by atoms with Crippen LogP contribution in [0.1, 0.15) is 19.8 Å². The smallest absolute Gasteiger partial charge is 0.286 e. The zero-order valence-corrected chi connectivity index (χ0v) is 14.4. The number of aryl methyl sites for hydroxylation is 1. The van der Waals surface area contributed by atoms with Gasteiger partial charge < -0.3 is 9.30 Å². The lowest BCUT2D eigenvalue weighted by molar-refractivity contribution is 0.301. The van der Waals surface area contributed by atoms with Crippen LogP contribution in [-0.2, 0) is 7.05 Å². The summed E-state index contributed by atoms with van der Waals surface area (Å²) in [4.78, 5) is 11.6. The van der Waals surface area contributed by atoms with E-state index in [-0.39, 0.29) is 0 Å². The van der Waals surface area contributed by atoms with E-state index in [1.807, 2.05) is 6.07 Å². The number of benzene rings is 1. The minimum Gasteiger partial charge on any atom is -0.493 e. The van der Waals surface area contributed by atoms with Crippen molar-refractivity contribution in [1.82, 2.24) is 4.57 Å². The predicted molar refractivity (Wildman–Crippen MR) is 91.2 cm³/mol. The number of hydrogen-bond acceptors (Lipinski definition) is 2. The van der Waals surface area contributed by atoms with Gasteiger partial charge in [-0.2, -0.15) is 0 Å². The van der Waals surface area contributed by atoms with Gasteiger partial charge in [-0.05, 0) is 30.9 Å². The molecule has 0 spiro atoms. The Kier molecular flexibility index (Phi) is 4.66.